The molecular formula is C22H16ClFN2O2. The van der Waals surface area contributed by atoms with Crippen LogP contribution in [0.5, 0.6) is 5.75 Å². The lowest BCUT2D eigenvalue weighted by Crippen LogP contribution is -1.93. The maximum atomic E-state index is 13.1. The van der Waals surface area contributed by atoms with Gasteiger partial charge in [-0.25, -0.2) is 4.39 Å². The normalized spacial score (nSPS) is 10.8. The summed E-state index contributed by atoms with van der Waals surface area (Å²) in [5, 5.41) is 8.90. The molecule has 0 saturated carbocycles. The van der Waals surface area contributed by atoms with Crippen LogP contribution in [0.4, 0.5) is 4.39 Å². The van der Waals surface area contributed by atoms with E-state index in [0.717, 1.165) is 16.7 Å². The van der Waals surface area contributed by atoms with Crippen molar-refractivity contribution < 1.29 is 13.5 Å². The minimum absolute atomic E-state index is 0.251. The van der Waals surface area contributed by atoms with E-state index in [9.17, 15) is 4.39 Å². The molecule has 4 aromatic rings. The molecule has 0 spiro atoms. The van der Waals surface area contributed by atoms with Crippen molar-refractivity contribution >= 4 is 11.6 Å². The van der Waals surface area contributed by atoms with E-state index in [1.807, 2.05) is 30.3 Å². The van der Waals surface area contributed by atoms with Gasteiger partial charge < -0.3 is 9.15 Å². The Morgan fingerprint density at radius 3 is 2.43 bits per heavy atom. The number of benzene rings is 3. The average molecular weight is 395 g/mol. The van der Waals surface area contributed by atoms with E-state index in [1.54, 1.807) is 31.4 Å². The number of ether oxygens (including phenoxy) is 1. The molecule has 4 nitrogen and oxygen atoms in total. The average Bonchev–Trinajstić information content (AvgIpc) is 3.20. The molecule has 0 saturated heterocycles. The summed E-state index contributed by atoms with van der Waals surface area (Å²) in [6.07, 6.45) is 0.645. The van der Waals surface area contributed by atoms with Gasteiger partial charge in [-0.15, -0.1) is 10.2 Å². The van der Waals surface area contributed by atoms with Gasteiger partial charge in [0.05, 0.1) is 12.7 Å². The molecule has 6 heteroatoms. The summed E-state index contributed by atoms with van der Waals surface area (Å²) in [5.74, 6) is 1.11. The third-order valence-corrected chi connectivity index (χ3v) is 4.55. The van der Waals surface area contributed by atoms with Gasteiger partial charge in [-0.1, -0.05) is 35.9 Å². The van der Waals surface area contributed by atoms with Gasteiger partial charge in [-0.2, -0.15) is 0 Å². The van der Waals surface area contributed by atoms with E-state index in [4.69, 9.17) is 20.8 Å². The standard InChI is InChI=1S/C22H16ClFN2O2/c1-27-20-10-7-15(11-14-5-8-18(24)9-6-14)12-19(20)22-26-25-21(28-22)16-3-2-4-17(23)13-16/h2-10,12-13H,11H2,1H3. The van der Waals surface area contributed by atoms with E-state index < -0.39 is 0 Å². The molecule has 0 amide bonds. The third kappa shape index (κ3) is 3.89. The van der Waals surface area contributed by atoms with E-state index in [1.165, 1.54) is 12.1 Å². The summed E-state index contributed by atoms with van der Waals surface area (Å²) in [6.45, 7) is 0. The Hall–Kier alpha value is -3.18. The Morgan fingerprint density at radius 1 is 0.929 bits per heavy atom. The minimum Gasteiger partial charge on any atom is -0.496 e. The van der Waals surface area contributed by atoms with Crippen molar-refractivity contribution in [3.8, 4) is 28.7 Å². The maximum absolute atomic E-state index is 13.1. The van der Waals surface area contributed by atoms with E-state index >= 15 is 0 Å². The van der Waals surface area contributed by atoms with Crippen molar-refractivity contribution in [1.29, 1.82) is 0 Å². The van der Waals surface area contributed by atoms with Crippen LogP contribution < -0.4 is 4.74 Å². The van der Waals surface area contributed by atoms with Crippen LogP contribution in [0.25, 0.3) is 22.9 Å². The van der Waals surface area contributed by atoms with E-state index in [-0.39, 0.29) is 5.82 Å². The van der Waals surface area contributed by atoms with Gasteiger partial charge in [0, 0.05) is 10.6 Å². The summed E-state index contributed by atoms with van der Waals surface area (Å²) >= 11 is 6.04. The second-order valence-electron chi connectivity index (χ2n) is 6.26. The molecule has 0 radical (unpaired) electrons. The number of aromatic nitrogens is 2. The highest BCUT2D eigenvalue weighted by atomic mass is 35.5. The van der Waals surface area contributed by atoms with Crippen LogP contribution >= 0.6 is 11.6 Å². The van der Waals surface area contributed by atoms with Crippen molar-refractivity contribution in [3.05, 3.63) is 88.7 Å². The van der Waals surface area contributed by atoms with Crippen LogP contribution in [0.1, 0.15) is 11.1 Å². The fraction of sp³-hybridized carbons (Fsp3) is 0.0909. The second-order valence-corrected chi connectivity index (χ2v) is 6.70. The highest BCUT2D eigenvalue weighted by Gasteiger charge is 2.16. The lowest BCUT2D eigenvalue weighted by atomic mass is 10.0. The van der Waals surface area contributed by atoms with Crippen LogP contribution in [0, 0.1) is 5.82 Å². The molecule has 1 aromatic heterocycles. The molecule has 0 fully saturated rings. The SMILES string of the molecule is COc1ccc(Cc2ccc(F)cc2)cc1-c1nnc(-c2cccc(Cl)c2)o1. The van der Waals surface area contributed by atoms with Crippen molar-refractivity contribution in [1.82, 2.24) is 10.2 Å². The van der Waals surface area contributed by atoms with E-state index in [0.29, 0.717) is 34.5 Å². The van der Waals surface area contributed by atoms with Crippen molar-refractivity contribution in [2.75, 3.05) is 7.11 Å². The van der Waals surface area contributed by atoms with Gasteiger partial charge in [0.1, 0.15) is 11.6 Å². The topological polar surface area (TPSA) is 48.2 Å². The first-order valence-electron chi connectivity index (χ1n) is 8.63. The Labute approximate surface area is 166 Å². The smallest absolute Gasteiger partial charge is 0.251 e. The highest BCUT2D eigenvalue weighted by molar-refractivity contribution is 6.30. The zero-order valence-electron chi connectivity index (χ0n) is 15.0. The van der Waals surface area contributed by atoms with Crippen LogP contribution in [0.15, 0.2) is 71.1 Å². The van der Waals surface area contributed by atoms with Crippen molar-refractivity contribution in [2.24, 2.45) is 0 Å². The first kappa shape index (κ1) is 18.2. The zero-order chi connectivity index (χ0) is 19.5. The van der Waals surface area contributed by atoms with Crippen LogP contribution in [-0.4, -0.2) is 17.3 Å². The Kier molecular flexibility index (Phi) is 5.08. The molecule has 140 valence electrons. The van der Waals surface area contributed by atoms with E-state index in [2.05, 4.69) is 10.2 Å². The number of hydrogen-bond donors (Lipinski definition) is 0. The summed E-state index contributed by atoms with van der Waals surface area (Å²) in [5.41, 5.74) is 3.46. The Bertz CT molecular complexity index is 1110. The van der Waals surface area contributed by atoms with Crippen molar-refractivity contribution in [3.63, 3.8) is 0 Å². The van der Waals surface area contributed by atoms with Crippen LogP contribution in [0.3, 0.4) is 0 Å². The molecule has 1 heterocycles. The van der Waals surface area contributed by atoms with Crippen LogP contribution in [-0.2, 0) is 6.42 Å². The molecule has 3 aromatic carbocycles. The number of nitrogens with zero attached hydrogens (tertiary/aromatic N) is 2. The number of rotatable bonds is 5. The zero-order valence-corrected chi connectivity index (χ0v) is 15.8. The maximum Gasteiger partial charge on any atom is 0.251 e. The summed E-state index contributed by atoms with van der Waals surface area (Å²) in [4.78, 5) is 0. The predicted molar refractivity (Wildman–Crippen MR) is 106 cm³/mol. The molecule has 0 aliphatic rings. The molecule has 0 bridgehead atoms. The molecule has 0 unspecified atom stereocenters. The largest absolute Gasteiger partial charge is 0.496 e. The molecule has 0 atom stereocenters. The second kappa shape index (κ2) is 7.82. The quantitative estimate of drug-likeness (QED) is 0.429. The molecule has 4 rings (SSSR count). The van der Waals surface area contributed by atoms with Gasteiger partial charge in [0.15, 0.2) is 0 Å². The summed E-state index contributed by atoms with van der Waals surface area (Å²) in [6, 6.07) is 19.4. The van der Waals surface area contributed by atoms with Gasteiger partial charge in [-0.05, 0) is 60.0 Å². The predicted octanol–water partition coefficient (Wildman–Crippen LogP) is 5.80. The summed E-state index contributed by atoms with van der Waals surface area (Å²) in [7, 11) is 1.59. The van der Waals surface area contributed by atoms with Crippen molar-refractivity contribution in [2.45, 2.75) is 6.42 Å². The molecule has 0 aliphatic carbocycles. The number of halogens is 2. The van der Waals surface area contributed by atoms with Gasteiger partial charge >= 0.3 is 0 Å². The van der Waals surface area contributed by atoms with Gasteiger partial charge in [0.2, 0.25) is 5.89 Å². The molecule has 28 heavy (non-hydrogen) atoms. The highest BCUT2D eigenvalue weighted by Crippen LogP contribution is 2.33. The first-order valence-corrected chi connectivity index (χ1v) is 9.01. The number of hydrogen-bond acceptors (Lipinski definition) is 4. The van der Waals surface area contributed by atoms with Gasteiger partial charge in [0.25, 0.3) is 5.89 Å². The molecule has 0 N–H and O–H groups in total. The lowest BCUT2D eigenvalue weighted by molar-refractivity contribution is 0.414. The Morgan fingerprint density at radius 2 is 1.68 bits per heavy atom. The monoisotopic (exact) mass is 394 g/mol. The fourth-order valence-corrected chi connectivity index (χ4v) is 3.13. The first-order chi connectivity index (χ1) is 13.6. The molecular weight excluding hydrogens is 379 g/mol. The third-order valence-electron chi connectivity index (χ3n) is 4.31. The number of methoxy groups -OCH3 is 1. The van der Waals surface area contributed by atoms with Crippen LogP contribution in [0.2, 0.25) is 5.02 Å². The summed E-state index contributed by atoms with van der Waals surface area (Å²) < 4.78 is 24.4. The molecule has 0 aliphatic heterocycles. The van der Waals surface area contributed by atoms with Gasteiger partial charge in [-0.3, -0.25) is 0 Å². The lowest BCUT2D eigenvalue weighted by Gasteiger charge is -2.08. The fourth-order valence-electron chi connectivity index (χ4n) is 2.94. The minimum atomic E-state index is -0.251. The Balaban J connectivity index is 1.67.